The average Bonchev–Trinajstić information content (AvgIpc) is 2.66. The summed E-state index contributed by atoms with van der Waals surface area (Å²) >= 11 is 0. The van der Waals surface area contributed by atoms with Gasteiger partial charge in [0, 0.05) is 17.8 Å². The molecule has 1 amide bonds. The molecule has 0 aromatic heterocycles. The van der Waals surface area contributed by atoms with Crippen LogP contribution >= 0.6 is 0 Å². The Bertz CT molecular complexity index is 489. The number of carbonyl (C=O) groups is 1. The summed E-state index contributed by atoms with van der Waals surface area (Å²) in [6.07, 6.45) is 0.497. The molecule has 2 N–H and O–H groups in total. The van der Waals surface area contributed by atoms with Gasteiger partial charge in [-0.2, -0.15) is 0 Å². The van der Waals surface area contributed by atoms with Gasteiger partial charge < -0.3 is 10.5 Å². The lowest BCUT2D eigenvalue weighted by Gasteiger charge is -2.25. The van der Waals surface area contributed by atoms with Gasteiger partial charge in [0.15, 0.2) is 0 Å². The minimum Gasteiger partial charge on any atom is -0.443 e. The highest BCUT2D eigenvalue weighted by molar-refractivity contribution is 5.93. The van der Waals surface area contributed by atoms with Gasteiger partial charge in [-0.3, -0.25) is 4.90 Å². The van der Waals surface area contributed by atoms with Gasteiger partial charge in [-0.15, -0.1) is 0 Å². The number of nitrogens with zero attached hydrogens (tertiary/aromatic N) is 1. The Kier molecular flexibility index (Phi) is 2.97. The Balaban J connectivity index is 2.32. The number of carbonyl (C=O) groups excluding carboxylic acids is 1. The summed E-state index contributed by atoms with van der Waals surface area (Å²) in [5.41, 5.74) is 9.26. The zero-order chi connectivity index (χ0) is 13.5. The monoisotopic (exact) mass is 248 g/mol. The second-order valence-electron chi connectivity index (χ2n) is 5.68. The third-order valence-electron chi connectivity index (χ3n) is 2.99. The average molecular weight is 248 g/mol. The molecule has 0 saturated heterocycles. The van der Waals surface area contributed by atoms with E-state index in [0.29, 0.717) is 6.54 Å². The second kappa shape index (κ2) is 4.19. The molecule has 0 bridgehead atoms. The Morgan fingerprint density at radius 3 is 2.67 bits per heavy atom. The number of anilines is 2. The molecule has 1 aromatic rings. The van der Waals surface area contributed by atoms with E-state index >= 15 is 0 Å². The van der Waals surface area contributed by atoms with Gasteiger partial charge >= 0.3 is 6.09 Å². The maximum absolute atomic E-state index is 12.2. The van der Waals surface area contributed by atoms with E-state index in [4.69, 9.17) is 10.5 Å². The van der Waals surface area contributed by atoms with Gasteiger partial charge in [0.25, 0.3) is 0 Å². The fourth-order valence-corrected chi connectivity index (χ4v) is 2.24. The van der Waals surface area contributed by atoms with E-state index in [2.05, 4.69) is 0 Å². The maximum Gasteiger partial charge on any atom is 0.414 e. The number of ether oxygens (including phenoxy) is 1. The predicted molar refractivity (Wildman–Crippen MR) is 72.9 cm³/mol. The molecule has 1 aliphatic heterocycles. The molecular formula is C14H20N2O2. The summed E-state index contributed by atoms with van der Waals surface area (Å²) in [5, 5.41) is 0. The van der Waals surface area contributed by atoms with E-state index in [0.717, 1.165) is 28.9 Å². The summed E-state index contributed by atoms with van der Waals surface area (Å²) < 4.78 is 5.42. The standard InChI is InChI=1S/C14H20N2O2/c1-9-5-6-11(15)10-7-8-16(12(9)10)13(17)18-14(2,3)4/h5-6H,7-8,15H2,1-4H3. The predicted octanol–water partition coefficient (Wildman–Crippen LogP) is 2.87. The number of amides is 1. The molecule has 0 aliphatic carbocycles. The molecule has 0 atom stereocenters. The molecule has 2 rings (SSSR count). The smallest absolute Gasteiger partial charge is 0.414 e. The van der Waals surface area contributed by atoms with Crippen molar-refractivity contribution >= 4 is 17.5 Å². The van der Waals surface area contributed by atoms with E-state index in [1.54, 1.807) is 4.90 Å². The molecule has 18 heavy (non-hydrogen) atoms. The number of hydrogen-bond donors (Lipinski definition) is 1. The van der Waals surface area contributed by atoms with Crippen molar-refractivity contribution in [2.75, 3.05) is 17.2 Å². The fourth-order valence-electron chi connectivity index (χ4n) is 2.24. The number of hydrogen-bond acceptors (Lipinski definition) is 3. The topological polar surface area (TPSA) is 55.6 Å². The van der Waals surface area contributed by atoms with Gasteiger partial charge in [0.1, 0.15) is 5.60 Å². The number of rotatable bonds is 0. The molecule has 98 valence electrons. The highest BCUT2D eigenvalue weighted by atomic mass is 16.6. The summed E-state index contributed by atoms with van der Waals surface area (Å²) in [6, 6.07) is 3.84. The zero-order valence-electron chi connectivity index (χ0n) is 11.4. The van der Waals surface area contributed by atoms with Crippen molar-refractivity contribution in [2.24, 2.45) is 0 Å². The Labute approximate surface area is 108 Å². The minimum atomic E-state index is -0.478. The molecule has 0 fully saturated rings. The van der Waals surface area contributed by atoms with E-state index in [9.17, 15) is 4.79 Å². The lowest BCUT2D eigenvalue weighted by molar-refractivity contribution is 0.0584. The summed E-state index contributed by atoms with van der Waals surface area (Å²) in [5.74, 6) is 0. The van der Waals surface area contributed by atoms with Crippen molar-refractivity contribution in [1.29, 1.82) is 0 Å². The van der Waals surface area contributed by atoms with Gasteiger partial charge in [-0.1, -0.05) is 6.07 Å². The van der Waals surface area contributed by atoms with Crippen LogP contribution in [0.1, 0.15) is 31.9 Å². The third-order valence-corrected chi connectivity index (χ3v) is 2.99. The first kappa shape index (κ1) is 12.7. The molecule has 0 spiro atoms. The first-order chi connectivity index (χ1) is 8.29. The highest BCUT2D eigenvalue weighted by Crippen LogP contribution is 2.36. The molecule has 0 radical (unpaired) electrons. The Morgan fingerprint density at radius 2 is 2.06 bits per heavy atom. The van der Waals surface area contributed by atoms with Crippen LogP contribution in [0.5, 0.6) is 0 Å². The summed E-state index contributed by atoms with van der Waals surface area (Å²) in [6.45, 7) is 8.23. The number of aryl methyl sites for hydroxylation is 1. The first-order valence-corrected chi connectivity index (χ1v) is 6.18. The van der Waals surface area contributed by atoms with Crippen LogP contribution in [-0.4, -0.2) is 18.2 Å². The normalized spacial score (nSPS) is 14.6. The maximum atomic E-state index is 12.2. The molecule has 4 nitrogen and oxygen atoms in total. The van der Waals surface area contributed by atoms with Crippen LogP contribution < -0.4 is 10.6 Å². The Morgan fingerprint density at radius 1 is 1.39 bits per heavy atom. The number of nitrogens with two attached hydrogens (primary N) is 1. The molecule has 0 saturated carbocycles. The molecule has 1 aliphatic rings. The van der Waals surface area contributed by atoms with Gasteiger partial charge in [0.05, 0.1) is 5.69 Å². The molecule has 1 heterocycles. The number of benzene rings is 1. The van der Waals surface area contributed by atoms with Gasteiger partial charge in [-0.25, -0.2) is 4.79 Å². The van der Waals surface area contributed by atoms with E-state index in [-0.39, 0.29) is 6.09 Å². The van der Waals surface area contributed by atoms with Crippen LogP contribution in [0.2, 0.25) is 0 Å². The van der Waals surface area contributed by atoms with Crippen molar-refractivity contribution in [1.82, 2.24) is 0 Å². The largest absolute Gasteiger partial charge is 0.443 e. The Hall–Kier alpha value is -1.71. The van der Waals surface area contributed by atoms with Crippen LogP contribution in [0.4, 0.5) is 16.2 Å². The van der Waals surface area contributed by atoms with Crippen molar-refractivity contribution in [3.05, 3.63) is 23.3 Å². The van der Waals surface area contributed by atoms with Gasteiger partial charge in [-0.05, 0) is 45.7 Å². The van der Waals surface area contributed by atoms with Crippen LogP contribution in [0.3, 0.4) is 0 Å². The molecule has 1 aromatic carbocycles. The number of nitrogen functional groups attached to an aromatic ring is 1. The lowest BCUT2D eigenvalue weighted by atomic mass is 10.1. The summed E-state index contributed by atoms with van der Waals surface area (Å²) in [4.78, 5) is 13.8. The van der Waals surface area contributed by atoms with E-state index in [1.165, 1.54) is 0 Å². The van der Waals surface area contributed by atoms with Crippen LogP contribution in [0.15, 0.2) is 12.1 Å². The number of fused-ring (bicyclic) bond motifs is 1. The first-order valence-electron chi connectivity index (χ1n) is 6.18. The lowest BCUT2D eigenvalue weighted by Crippen LogP contribution is -2.36. The highest BCUT2D eigenvalue weighted by Gasteiger charge is 2.31. The van der Waals surface area contributed by atoms with Crippen LogP contribution in [0.25, 0.3) is 0 Å². The quantitative estimate of drug-likeness (QED) is 0.718. The van der Waals surface area contributed by atoms with Crippen molar-refractivity contribution in [2.45, 2.75) is 39.7 Å². The zero-order valence-corrected chi connectivity index (χ0v) is 11.4. The fraction of sp³-hybridized carbons (Fsp3) is 0.500. The molecule has 4 heteroatoms. The van der Waals surface area contributed by atoms with Crippen LogP contribution in [-0.2, 0) is 11.2 Å². The van der Waals surface area contributed by atoms with Crippen molar-refractivity contribution in [3.8, 4) is 0 Å². The van der Waals surface area contributed by atoms with E-state index in [1.807, 2.05) is 39.8 Å². The third kappa shape index (κ3) is 2.28. The SMILES string of the molecule is Cc1ccc(N)c2c1N(C(=O)OC(C)(C)C)CC2. The molecular weight excluding hydrogens is 228 g/mol. The second-order valence-corrected chi connectivity index (χ2v) is 5.68. The molecule has 0 unspecified atom stereocenters. The van der Waals surface area contributed by atoms with Crippen molar-refractivity contribution < 1.29 is 9.53 Å². The van der Waals surface area contributed by atoms with Crippen molar-refractivity contribution in [3.63, 3.8) is 0 Å². The summed E-state index contributed by atoms with van der Waals surface area (Å²) in [7, 11) is 0. The van der Waals surface area contributed by atoms with Crippen LogP contribution in [0, 0.1) is 6.92 Å². The van der Waals surface area contributed by atoms with E-state index < -0.39 is 5.60 Å². The minimum absolute atomic E-state index is 0.296. The van der Waals surface area contributed by atoms with Gasteiger partial charge in [0.2, 0.25) is 0 Å².